The van der Waals surface area contributed by atoms with Gasteiger partial charge in [-0.05, 0) is 36.5 Å². The molecule has 1 aliphatic rings. The van der Waals surface area contributed by atoms with Gasteiger partial charge in [-0.1, -0.05) is 12.1 Å². The van der Waals surface area contributed by atoms with E-state index in [0.717, 1.165) is 6.54 Å². The fourth-order valence-electron chi connectivity index (χ4n) is 1.96. The van der Waals surface area contributed by atoms with Gasteiger partial charge in [-0.2, -0.15) is 17.0 Å². The quantitative estimate of drug-likeness (QED) is 0.892. The second-order valence-electron chi connectivity index (χ2n) is 4.25. The fraction of sp³-hybridized carbons (Fsp3) is 0.462. The van der Waals surface area contributed by atoms with Gasteiger partial charge in [0.15, 0.2) is 0 Å². The second kappa shape index (κ2) is 6.04. The van der Waals surface area contributed by atoms with Crippen LogP contribution in [-0.4, -0.2) is 18.1 Å². The van der Waals surface area contributed by atoms with E-state index in [1.165, 1.54) is 24.0 Å². The molecule has 1 aromatic rings. The zero-order chi connectivity index (χ0) is 12.1. The molecule has 1 heterocycles. The first kappa shape index (κ1) is 12.4. The molecule has 2 rings (SSSR count). The van der Waals surface area contributed by atoms with Crippen LogP contribution in [0.3, 0.4) is 0 Å². The average Bonchev–Trinajstić information content (AvgIpc) is 2.84. The van der Waals surface area contributed by atoms with Crippen LogP contribution in [0.1, 0.15) is 17.5 Å². The van der Waals surface area contributed by atoms with Crippen LogP contribution < -0.4 is 5.32 Å². The maximum atomic E-state index is 13.7. The summed E-state index contributed by atoms with van der Waals surface area (Å²) >= 11 is 1.98. The van der Waals surface area contributed by atoms with E-state index in [-0.39, 0.29) is 11.4 Å². The zero-order valence-electron chi connectivity index (χ0n) is 9.58. The lowest BCUT2D eigenvalue weighted by Crippen LogP contribution is -2.22. The first-order chi connectivity index (χ1) is 8.31. The largest absolute Gasteiger partial charge is 0.312 e. The minimum Gasteiger partial charge on any atom is -0.312 e. The highest BCUT2D eigenvalue weighted by molar-refractivity contribution is 7.99. The minimum atomic E-state index is -0.386. The summed E-state index contributed by atoms with van der Waals surface area (Å²) in [6.07, 6.45) is 1.25. The van der Waals surface area contributed by atoms with Gasteiger partial charge in [0.2, 0.25) is 0 Å². The number of nitrogens with one attached hydrogen (secondary N) is 1. The Bertz CT molecular complexity index is 422. The maximum Gasteiger partial charge on any atom is 0.145 e. The number of nitriles is 1. The van der Waals surface area contributed by atoms with Gasteiger partial charge in [-0.25, -0.2) is 4.39 Å². The molecule has 0 saturated carbocycles. The Kier molecular flexibility index (Phi) is 4.41. The summed E-state index contributed by atoms with van der Waals surface area (Å²) in [5.41, 5.74) is 0.704. The molecule has 0 bridgehead atoms. The summed E-state index contributed by atoms with van der Waals surface area (Å²) in [6, 6.07) is 6.82. The topological polar surface area (TPSA) is 35.8 Å². The Labute approximate surface area is 105 Å². The van der Waals surface area contributed by atoms with Gasteiger partial charge in [0.1, 0.15) is 11.9 Å². The first-order valence-electron chi connectivity index (χ1n) is 5.77. The van der Waals surface area contributed by atoms with E-state index < -0.39 is 0 Å². The molecular formula is C13H15FN2S. The number of hydrogen-bond acceptors (Lipinski definition) is 3. The maximum absolute atomic E-state index is 13.7. The van der Waals surface area contributed by atoms with Crippen LogP contribution in [-0.2, 0) is 6.54 Å². The summed E-state index contributed by atoms with van der Waals surface area (Å²) in [6.45, 7) is 1.44. The molecule has 1 aliphatic heterocycles. The van der Waals surface area contributed by atoms with Crippen LogP contribution in [0.5, 0.6) is 0 Å². The standard InChI is InChI=1S/C13H15FN2S/c14-13-11(6-15)2-1-3-12(13)8-16-7-10-4-5-17-9-10/h1-3,10,16H,4-5,7-9H2. The van der Waals surface area contributed by atoms with Crippen molar-refractivity contribution < 1.29 is 4.39 Å². The highest BCUT2D eigenvalue weighted by Crippen LogP contribution is 2.22. The lowest BCUT2D eigenvalue weighted by Gasteiger charge is -2.10. The molecule has 0 radical (unpaired) electrons. The van der Waals surface area contributed by atoms with Crippen molar-refractivity contribution in [3.63, 3.8) is 0 Å². The van der Waals surface area contributed by atoms with Crippen LogP contribution in [0.2, 0.25) is 0 Å². The number of halogens is 1. The summed E-state index contributed by atoms with van der Waals surface area (Å²) < 4.78 is 13.7. The van der Waals surface area contributed by atoms with E-state index >= 15 is 0 Å². The fourth-order valence-corrected chi connectivity index (χ4v) is 3.24. The molecule has 0 amide bonds. The Morgan fingerprint density at radius 3 is 3.12 bits per heavy atom. The summed E-state index contributed by atoms with van der Waals surface area (Å²) in [4.78, 5) is 0. The van der Waals surface area contributed by atoms with E-state index in [0.29, 0.717) is 18.0 Å². The number of nitrogens with zero attached hydrogens (tertiary/aromatic N) is 1. The van der Waals surface area contributed by atoms with Crippen LogP contribution in [0, 0.1) is 23.1 Å². The molecule has 1 saturated heterocycles. The lowest BCUT2D eigenvalue weighted by molar-refractivity contribution is 0.512. The molecule has 17 heavy (non-hydrogen) atoms. The molecule has 4 heteroatoms. The van der Waals surface area contributed by atoms with E-state index in [1.54, 1.807) is 12.1 Å². The third-order valence-electron chi connectivity index (χ3n) is 2.97. The van der Waals surface area contributed by atoms with Crippen LogP contribution in [0.25, 0.3) is 0 Å². The van der Waals surface area contributed by atoms with E-state index in [4.69, 9.17) is 5.26 Å². The second-order valence-corrected chi connectivity index (χ2v) is 5.40. The Morgan fingerprint density at radius 1 is 1.53 bits per heavy atom. The summed E-state index contributed by atoms with van der Waals surface area (Å²) in [5, 5.41) is 12.0. The molecule has 2 nitrogen and oxygen atoms in total. The van der Waals surface area contributed by atoms with Crippen LogP contribution in [0.4, 0.5) is 4.39 Å². The molecule has 1 aromatic carbocycles. The highest BCUT2D eigenvalue weighted by Gasteiger charge is 2.15. The lowest BCUT2D eigenvalue weighted by atomic mass is 10.1. The van der Waals surface area contributed by atoms with Crippen molar-refractivity contribution in [3.8, 4) is 6.07 Å². The van der Waals surface area contributed by atoms with Gasteiger partial charge in [0.25, 0.3) is 0 Å². The van der Waals surface area contributed by atoms with Crippen LogP contribution >= 0.6 is 11.8 Å². The molecular weight excluding hydrogens is 235 g/mol. The molecule has 1 unspecified atom stereocenters. The zero-order valence-corrected chi connectivity index (χ0v) is 10.4. The van der Waals surface area contributed by atoms with Crippen molar-refractivity contribution in [1.82, 2.24) is 5.32 Å². The van der Waals surface area contributed by atoms with Crippen molar-refractivity contribution in [2.45, 2.75) is 13.0 Å². The first-order valence-corrected chi connectivity index (χ1v) is 6.92. The minimum absolute atomic E-state index is 0.126. The average molecular weight is 250 g/mol. The van der Waals surface area contributed by atoms with Gasteiger partial charge in [0, 0.05) is 12.1 Å². The van der Waals surface area contributed by atoms with Gasteiger partial charge >= 0.3 is 0 Å². The Morgan fingerprint density at radius 2 is 2.41 bits per heavy atom. The van der Waals surface area contributed by atoms with E-state index in [1.807, 2.05) is 17.8 Å². The predicted octanol–water partition coefficient (Wildman–Crippen LogP) is 2.54. The molecule has 0 aliphatic carbocycles. The third-order valence-corrected chi connectivity index (χ3v) is 4.20. The number of hydrogen-bond donors (Lipinski definition) is 1. The van der Waals surface area contributed by atoms with E-state index in [9.17, 15) is 4.39 Å². The molecule has 90 valence electrons. The molecule has 0 aromatic heterocycles. The monoisotopic (exact) mass is 250 g/mol. The number of thioether (sulfide) groups is 1. The molecule has 1 N–H and O–H groups in total. The summed E-state index contributed by atoms with van der Waals surface area (Å²) in [7, 11) is 0. The molecule has 1 fully saturated rings. The smallest absolute Gasteiger partial charge is 0.145 e. The SMILES string of the molecule is N#Cc1cccc(CNCC2CCSC2)c1F. The van der Waals surface area contributed by atoms with Crippen molar-refractivity contribution in [1.29, 1.82) is 5.26 Å². The summed E-state index contributed by atoms with van der Waals surface area (Å²) in [5.74, 6) is 2.77. The number of rotatable bonds is 4. The van der Waals surface area contributed by atoms with Gasteiger partial charge in [-0.3, -0.25) is 0 Å². The third kappa shape index (κ3) is 3.21. The van der Waals surface area contributed by atoms with Gasteiger partial charge in [0.05, 0.1) is 5.56 Å². The molecule has 1 atom stereocenters. The van der Waals surface area contributed by atoms with Crippen molar-refractivity contribution in [2.75, 3.05) is 18.1 Å². The Balaban J connectivity index is 1.88. The molecule has 0 spiro atoms. The number of benzene rings is 1. The van der Waals surface area contributed by atoms with Crippen molar-refractivity contribution in [3.05, 3.63) is 35.1 Å². The van der Waals surface area contributed by atoms with Crippen molar-refractivity contribution in [2.24, 2.45) is 5.92 Å². The van der Waals surface area contributed by atoms with Gasteiger partial charge in [-0.15, -0.1) is 0 Å². The normalized spacial score (nSPS) is 19.2. The highest BCUT2D eigenvalue weighted by atomic mass is 32.2. The Hall–Kier alpha value is -1.05. The predicted molar refractivity (Wildman–Crippen MR) is 68.3 cm³/mol. The van der Waals surface area contributed by atoms with Crippen LogP contribution in [0.15, 0.2) is 18.2 Å². The van der Waals surface area contributed by atoms with Crippen molar-refractivity contribution >= 4 is 11.8 Å². The van der Waals surface area contributed by atoms with E-state index in [2.05, 4.69) is 5.32 Å². The van der Waals surface area contributed by atoms with Gasteiger partial charge < -0.3 is 5.32 Å².